The molecule has 2 aromatic heterocycles. The van der Waals surface area contributed by atoms with E-state index in [0.717, 1.165) is 27.9 Å². The zero-order chi connectivity index (χ0) is 16.3. The summed E-state index contributed by atoms with van der Waals surface area (Å²) >= 11 is 7.02. The van der Waals surface area contributed by atoms with E-state index in [1.165, 1.54) is 0 Å². The number of halogens is 4. The van der Waals surface area contributed by atoms with Gasteiger partial charge in [0.15, 0.2) is 11.6 Å². The van der Waals surface area contributed by atoms with Gasteiger partial charge in [0.25, 0.3) is 0 Å². The third kappa shape index (κ3) is 2.13. The van der Waals surface area contributed by atoms with Crippen LogP contribution in [0.4, 0.5) is 13.2 Å². The van der Waals surface area contributed by atoms with Crippen molar-refractivity contribution in [3.8, 4) is 10.6 Å². The van der Waals surface area contributed by atoms with E-state index in [0.29, 0.717) is 21.7 Å². The molecule has 4 rings (SSSR count). The third-order valence-electron chi connectivity index (χ3n) is 3.68. The summed E-state index contributed by atoms with van der Waals surface area (Å²) in [4.78, 5) is 7.30. The van der Waals surface area contributed by atoms with Crippen LogP contribution >= 0.6 is 22.9 Å². The Morgan fingerprint density at radius 3 is 2.70 bits per heavy atom. The van der Waals surface area contributed by atoms with Crippen LogP contribution in [0.3, 0.4) is 0 Å². The van der Waals surface area contributed by atoms with E-state index in [4.69, 9.17) is 11.6 Å². The van der Waals surface area contributed by atoms with Crippen molar-refractivity contribution < 1.29 is 13.2 Å². The standard InChI is InChI=1S/C16H8ClF3N2S/c1-6-12(8-4-7(17)2-3-11(8)21-6)16-22-14-13(20)9(18)5-10(19)15(14)23-16/h2-5,21H,1H3. The highest BCUT2D eigenvalue weighted by Crippen LogP contribution is 2.39. The van der Waals surface area contributed by atoms with Crippen molar-refractivity contribution in [1.29, 1.82) is 0 Å². The number of benzene rings is 2. The molecule has 1 N–H and O–H groups in total. The first-order chi connectivity index (χ1) is 11.0. The van der Waals surface area contributed by atoms with Crippen molar-refractivity contribution >= 4 is 44.1 Å². The fourth-order valence-electron chi connectivity index (χ4n) is 2.67. The minimum Gasteiger partial charge on any atom is -0.358 e. The zero-order valence-electron chi connectivity index (χ0n) is 11.7. The molecule has 0 aliphatic rings. The molecule has 2 heterocycles. The fourth-order valence-corrected chi connectivity index (χ4v) is 3.92. The number of thiazole rings is 1. The monoisotopic (exact) mass is 352 g/mol. The van der Waals surface area contributed by atoms with Gasteiger partial charge < -0.3 is 4.98 Å². The maximum absolute atomic E-state index is 13.9. The van der Waals surface area contributed by atoms with Crippen LogP contribution in [0.2, 0.25) is 5.02 Å². The molecule has 0 atom stereocenters. The van der Waals surface area contributed by atoms with Crippen molar-refractivity contribution in [3.63, 3.8) is 0 Å². The van der Waals surface area contributed by atoms with Crippen molar-refractivity contribution in [2.75, 3.05) is 0 Å². The van der Waals surface area contributed by atoms with Gasteiger partial charge in [-0.15, -0.1) is 11.3 Å². The Hall–Kier alpha value is -2.05. The van der Waals surface area contributed by atoms with E-state index >= 15 is 0 Å². The van der Waals surface area contributed by atoms with E-state index in [9.17, 15) is 13.2 Å². The Kier molecular flexibility index (Phi) is 3.14. The molecule has 0 saturated heterocycles. The number of aromatic nitrogens is 2. The van der Waals surface area contributed by atoms with E-state index in [1.54, 1.807) is 12.1 Å². The summed E-state index contributed by atoms with van der Waals surface area (Å²) in [7, 11) is 0. The lowest BCUT2D eigenvalue weighted by atomic mass is 10.1. The molecule has 0 unspecified atom stereocenters. The number of hydrogen-bond acceptors (Lipinski definition) is 2. The minimum atomic E-state index is -1.24. The highest BCUT2D eigenvalue weighted by molar-refractivity contribution is 7.21. The summed E-state index contributed by atoms with van der Waals surface area (Å²) in [5.41, 5.74) is 2.05. The SMILES string of the molecule is Cc1[nH]c2ccc(Cl)cc2c1-c1nc2c(F)c(F)cc(F)c2s1. The number of aromatic amines is 1. The van der Waals surface area contributed by atoms with Crippen LogP contribution in [0.1, 0.15) is 5.69 Å². The number of fused-ring (bicyclic) bond motifs is 2. The molecule has 0 spiro atoms. The summed E-state index contributed by atoms with van der Waals surface area (Å²) in [5.74, 6) is -3.21. The molecule has 7 heteroatoms. The lowest BCUT2D eigenvalue weighted by Crippen LogP contribution is -1.88. The van der Waals surface area contributed by atoms with E-state index in [2.05, 4.69) is 9.97 Å². The first-order valence-electron chi connectivity index (χ1n) is 6.68. The second-order valence-corrected chi connectivity index (χ2v) is 6.60. The molecule has 116 valence electrons. The van der Waals surface area contributed by atoms with Gasteiger partial charge in [-0.05, 0) is 25.1 Å². The number of rotatable bonds is 1. The molecule has 0 amide bonds. The summed E-state index contributed by atoms with van der Waals surface area (Å²) in [5, 5.41) is 1.76. The molecule has 4 aromatic rings. The molecule has 0 aliphatic heterocycles. The van der Waals surface area contributed by atoms with Gasteiger partial charge >= 0.3 is 0 Å². The average Bonchev–Trinajstić information content (AvgIpc) is 3.05. The van der Waals surface area contributed by atoms with Gasteiger partial charge in [-0.1, -0.05) is 11.6 Å². The normalized spacial score (nSPS) is 11.7. The third-order valence-corrected chi connectivity index (χ3v) is 4.99. The van der Waals surface area contributed by atoms with E-state index < -0.39 is 17.5 Å². The van der Waals surface area contributed by atoms with Gasteiger partial charge in [0.1, 0.15) is 16.3 Å². The van der Waals surface area contributed by atoms with Crippen LogP contribution in [0.25, 0.3) is 31.7 Å². The van der Waals surface area contributed by atoms with Crippen molar-refractivity contribution in [2.45, 2.75) is 6.92 Å². The number of aryl methyl sites for hydroxylation is 1. The quantitative estimate of drug-likeness (QED) is 0.429. The highest BCUT2D eigenvalue weighted by Gasteiger charge is 2.21. The Morgan fingerprint density at radius 2 is 1.91 bits per heavy atom. The van der Waals surface area contributed by atoms with Crippen LogP contribution < -0.4 is 0 Å². The second kappa shape index (κ2) is 4.97. The predicted molar refractivity (Wildman–Crippen MR) is 86.5 cm³/mol. The Bertz CT molecular complexity index is 1080. The van der Waals surface area contributed by atoms with E-state index in [-0.39, 0.29) is 10.2 Å². The molecule has 0 radical (unpaired) electrons. The summed E-state index contributed by atoms with van der Waals surface area (Å²) in [6, 6.07) is 5.87. The molecule has 0 bridgehead atoms. The maximum atomic E-state index is 13.9. The van der Waals surface area contributed by atoms with Crippen LogP contribution in [0.15, 0.2) is 24.3 Å². The zero-order valence-corrected chi connectivity index (χ0v) is 13.2. The smallest absolute Gasteiger partial charge is 0.186 e. The van der Waals surface area contributed by atoms with Gasteiger partial charge in [-0.25, -0.2) is 18.2 Å². The largest absolute Gasteiger partial charge is 0.358 e. The summed E-state index contributed by atoms with van der Waals surface area (Å²) < 4.78 is 41.1. The van der Waals surface area contributed by atoms with Gasteiger partial charge in [0.2, 0.25) is 0 Å². The summed E-state index contributed by atoms with van der Waals surface area (Å²) in [6.07, 6.45) is 0. The number of hydrogen-bond donors (Lipinski definition) is 1. The predicted octanol–water partition coefficient (Wildman–Crippen LogP) is 5.82. The molecular formula is C16H8ClF3N2S. The van der Waals surface area contributed by atoms with Crippen molar-refractivity contribution in [3.05, 3.63) is 52.4 Å². The minimum absolute atomic E-state index is 0.00493. The first kappa shape index (κ1) is 14.5. The molecule has 0 saturated carbocycles. The topological polar surface area (TPSA) is 28.7 Å². The van der Waals surface area contributed by atoms with Gasteiger partial charge in [-0.2, -0.15) is 0 Å². The van der Waals surface area contributed by atoms with Crippen LogP contribution in [0.5, 0.6) is 0 Å². The fraction of sp³-hybridized carbons (Fsp3) is 0.0625. The molecule has 23 heavy (non-hydrogen) atoms. The number of H-pyrrole nitrogens is 1. The lowest BCUT2D eigenvalue weighted by Gasteiger charge is -1.96. The lowest BCUT2D eigenvalue weighted by molar-refractivity contribution is 0.505. The molecule has 2 aromatic carbocycles. The Balaban J connectivity index is 2.07. The number of nitrogens with one attached hydrogen (secondary N) is 1. The average molecular weight is 353 g/mol. The Morgan fingerprint density at radius 1 is 1.13 bits per heavy atom. The van der Waals surface area contributed by atoms with Crippen molar-refractivity contribution in [1.82, 2.24) is 9.97 Å². The first-order valence-corrected chi connectivity index (χ1v) is 7.87. The number of nitrogens with zero attached hydrogens (tertiary/aromatic N) is 1. The van der Waals surface area contributed by atoms with Crippen molar-refractivity contribution in [2.24, 2.45) is 0 Å². The molecule has 0 fully saturated rings. The van der Waals surface area contributed by atoms with Crippen LogP contribution in [-0.2, 0) is 0 Å². The second-order valence-electron chi connectivity index (χ2n) is 5.17. The van der Waals surface area contributed by atoms with Gasteiger partial charge in [0, 0.05) is 33.2 Å². The molecule has 0 aliphatic carbocycles. The van der Waals surface area contributed by atoms with Gasteiger partial charge in [0.05, 0.1) is 4.70 Å². The van der Waals surface area contributed by atoms with E-state index in [1.807, 2.05) is 13.0 Å². The summed E-state index contributed by atoms with van der Waals surface area (Å²) in [6.45, 7) is 1.84. The molecular weight excluding hydrogens is 345 g/mol. The Labute approximate surface area is 137 Å². The van der Waals surface area contributed by atoms with Crippen LogP contribution in [-0.4, -0.2) is 9.97 Å². The molecule has 2 nitrogen and oxygen atoms in total. The maximum Gasteiger partial charge on any atom is 0.186 e. The van der Waals surface area contributed by atoms with Crippen LogP contribution in [0, 0.1) is 24.4 Å². The van der Waals surface area contributed by atoms with Gasteiger partial charge in [-0.3, -0.25) is 0 Å². The highest BCUT2D eigenvalue weighted by atomic mass is 35.5.